The highest BCUT2D eigenvalue weighted by Gasteiger charge is 2.19. The summed E-state index contributed by atoms with van der Waals surface area (Å²) in [6.07, 6.45) is 0. The summed E-state index contributed by atoms with van der Waals surface area (Å²) in [6.45, 7) is 3.30. The Kier molecular flexibility index (Phi) is 6.68. The molecule has 0 aliphatic heterocycles. The van der Waals surface area contributed by atoms with E-state index in [1.165, 1.54) is 0 Å². The Labute approximate surface area is 182 Å². The number of aromatic amines is 1. The van der Waals surface area contributed by atoms with E-state index in [0.29, 0.717) is 51.1 Å². The topological polar surface area (TPSA) is 152 Å². The van der Waals surface area contributed by atoms with Crippen LogP contribution in [-0.4, -0.2) is 52.0 Å². The lowest BCUT2D eigenvalue weighted by atomic mass is 10.1. The molecule has 0 aliphatic carbocycles. The van der Waals surface area contributed by atoms with Crippen LogP contribution in [0.5, 0.6) is 11.5 Å². The fourth-order valence-electron chi connectivity index (χ4n) is 3.13. The molecule has 0 saturated heterocycles. The minimum atomic E-state index is -0.327. The quantitative estimate of drug-likeness (QED) is 0.398. The van der Waals surface area contributed by atoms with Gasteiger partial charge in [-0.25, -0.2) is 4.98 Å². The summed E-state index contributed by atoms with van der Waals surface area (Å²) in [4.78, 5) is 25.5. The second-order valence-corrected chi connectivity index (χ2v) is 6.55. The fourth-order valence-corrected chi connectivity index (χ4v) is 3.13. The van der Waals surface area contributed by atoms with Crippen molar-refractivity contribution in [3.63, 3.8) is 0 Å². The number of aryl methyl sites for hydroxylation is 2. The number of aromatic nitrogens is 4. The zero-order valence-corrected chi connectivity index (χ0v) is 17.8. The third-order valence-electron chi connectivity index (χ3n) is 4.51. The SMILES string of the molecule is COc1ccc(-c2cc(NC(=O)c3cc(C)nc4onc(C)c34)n[nH]2)c(OC)c1.O=CO. The van der Waals surface area contributed by atoms with Crippen molar-refractivity contribution >= 4 is 29.3 Å². The molecule has 32 heavy (non-hydrogen) atoms. The van der Waals surface area contributed by atoms with Crippen molar-refractivity contribution in [2.75, 3.05) is 19.5 Å². The molecule has 3 heterocycles. The highest BCUT2D eigenvalue weighted by Crippen LogP contribution is 2.33. The number of H-pyrrole nitrogens is 1. The molecule has 1 aromatic carbocycles. The molecule has 0 aliphatic rings. The van der Waals surface area contributed by atoms with E-state index in [4.69, 9.17) is 23.9 Å². The first-order valence-electron chi connectivity index (χ1n) is 9.32. The van der Waals surface area contributed by atoms with Crippen LogP contribution in [0.4, 0.5) is 5.82 Å². The summed E-state index contributed by atoms with van der Waals surface area (Å²) in [5.41, 5.74) is 3.50. The van der Waals surface area contributed by atoms with Crippen LogP contribution in [0.25, 0.3) is 22.4 Å². The molecule has 4 rings (SSSR count). The maximum atomic E-state index is 12.9. The molecule has 0 spiro atoms. The number of benzene rings is 1. The molecule has 3 N–H and O–H groups in total. The number of carboxylic acid groups (broad SMARTS) is 1. The maximum Gasteiger partial charge on any atom is 0.290 e. The first-order chi connectivity index (χ1) is 15.4. The Morgan fingerprint density at radius 2 is 1.94 bits per heavy atom. The monoisotopic (exact) mass is 439 g/mol. The van der Waals surface area contributed by atoms with E-state index in [2.05, 4.69) is 25.7 Å². The van der Waals surface area contributed by atoms with E-state index in [0.717, 1.165) is 5.56 Å². The van der Waals surface area contributed by atoms with Gasteiger partial charge in [0.1, 0.15) is 11.5 Å². The predicted octanol–water partition coefficient (Wildman–Crippen LogP) is 3.20. The van der Waals surface area contributed by atoms with Crippen LogP contribution in [0, 0.1) is 13.8 Å². The number of carbonyl (C=O) groups excluding carboxylic acids is 1. The first-order valence-corrected chi connectivity index (χ1v) is 9.32. The fraction of sp³-hybridized carbons (Fsp3) is 0.190. The summed E-state index contributed by atoms with van der Waals surface area (Å²) >= 11 is 0. The van der Waals surface area contributed by atoms with Crippen LogP contribution in [0.1, 0.15) is 21.7 Å². The second kappa shape index (κ2) is 9.60. The van der Waals surface area contributed by atoms with Crippen LogP contribution < -0.4 is 14.8 Å². The number of fused-ring (bicyclic) bond motifs is 1. The molecule has 0 atom stereocenters. The van der Waals surface area contributed by atoms with Gasteiger partial charge in [0.25, 0.3) is 18.1 Å². The lowest BCUT2D eigenvalue weighted by Gasteiger charge is -2.08. The van der Waals surface area contributed by atoms with Crippen LogP contribution in [0.3, 0.4) is 0 Å². The molecule has 11 nitrogen and oxygen atoms in total. The number of nitrogens with one attached hydrogen (secondary N) is 2. The van der Waals surface area contributed by atoms with Crippen molar-refractivity contribution < 1.29 is 28.7 Å². The average molecular weight is 439 g/mol. The zero-order valence-electron chi connectivity index (χ0n) is 17.8. The smallest absolute Gasteiger partial charge is 0.290 e. The standard InChI is InChI=1S/C20H19N5O4.CH2O2/c1-10-7-14(18-11(2)25-29-20(18)21-10)19(26)22-17-9-15(23-24-17)13-6-5-12(27-3)8-16(13)28-4;2-1-3/h5-9H,1-4H3,(H2,22,23,24,26);1H,(H,2,3). The largest absolute Gasteiger partial charge is 0.497 e. The van der Waals surface area contributed by atoms with Gasteiger partial charge in [-0.2, -0.15) is 5.10 Å². The molecular weight excluding hydrogens is 418 g/mol. The van der Waals surface area contributed by atoms with Crippen molar-refractivity contribution in [2.24, 2.45) is 0 Å². The Bertz CT molecular complexity index is 1260. The minimum absolute atomic E-state index is 0.250. The number of nitrogens with zero attached hydrogens (tertiary/aromatic N) is 3. The van der Waals surface area contributed by atoms with E-state index in [1.54, 1.807) is 46.3 Å². The van der Waals surface area contributed by atoms with Gasteiger partial charge < -0.3 is 24.4 Å². The summed E-state index contributed by atoms with van der Waals surface area (Å²) in [5, 5.41) is 21.3. The number of anilines is 1. The van der Waals surface area contributed by atoms with Gasteiger partial charge in [-0.15, -0.1) is 0 Å². The van der Waals surface area contributed by atoms with E-state index >= 15 is 0 Å². The predicted molar refractivity (Wildman–Crippen MR) is 115 cm³/mol. The first kappa shape index (κ1) is 22.3. The van der Waals surface area contributed by atoms with Crippen LogP contribution in [0.2, 0.25) is 0 Å². The highest BCUT2D eigenvalue weighted by molar-refractivity contribution is 6.12. The number of hydrogen-bond acceptors (Lipinski definition) is 8. The van der Waals surface area contributed by atoms with E-state index in [9.17, 15) is 4.79 Å². The lowest BCUT2D eigenvalue weighted by Crippen LogP contribution is -2.13. The molecule has 3 aromatic heterocycles. The number of carbonyl (C=O) groups is 2. The van der Waals surface area contributed by atoms with E-state index in [-0.39, 0.29) is 12.4 Å². The number of hydrogen-bond donors (Lipinski definition) is 3. The number of rotatable bonds is 5. The maximum absolute atomic E-state index is 12.9. The van der Waals surface area contributed by atoms with Gasteiger partial charge in [0.2, 0.25) is 0 Å². The molecule has 1 amide bonds. The molecule has 0 radical (unpaired) electrons. The van der Waals surface area contributed by atoms with Crippen molar-refractivity contribution in [1.29, 1.82) is 0 Å². The molecule has 0 unspecified atom stereocenters. The van der Waals surface area contributed by atoms with Crippen molar-refractivity contribution in [3.8, 4) is 22.8 Å². The summed E-state index contributed by atoms with van der Waals surface area (Å²) < 4.78 is 15.8. The van der Waals surface area contributed by atoms with Gasteiger partial charge in [-0.05, 0) is 32.0 Å². The van der Waals surface area contributed by atoms with E-state index in [1.807, 2.05) is 12.1 Å². The third-order valence-corrected chi connectivity index (χ3v) is 4.51. The normalized spacial score (nSPS) is 10.2. The lowest BCUT2D eigenvalue weighted by molar-refractivity contribution is -0.122. The van der Waals surface area contributed by atoms with Crippen LogP contribution in [0.15, 0.2) is 34.9 Å². The van der Waals surface area contributed by atoms with Crippen molar-refractivity contribution in [1.82, 2.24) is 20.3 Å². The van der Waals surface area contributed by atoms with Crippen molar-refractivity contribution in [3.05, 3.63) is 47.3 Å². The Hall–Kier alpha value is -4.41. The third kappa shape index (κ3) is 4.51. The van der Waals surface area contributed by atoms with Crippen molar-refractivity contribution in [2.45, 2.75) is 13.8 Å². The molecule has 0 fully saturated rings. The zero-order chi connectivity index (χ0) is 23.3. The van der Waals surface area contributed by atoms with E-state index < -0.39 is 0 Å². The van der Waals surface area contributed by atoms with Gasteiger partial charge in [-0.1, -0.05) is 5.16 Å². The highest BCUT2D eigenvalue weighted by atomic mass is 16.5. The van der Waals surface area contributed by atoms with Gasteiger partial charge in [0.15, 0.2) is 5.82 Å². The van der Waals surface area contributed by atoms with Gasteiger partial charge >= 0.3 is 0 Å². The summed E-state index contributed by atoms with van der Waals surface area (Å²) in [6, 6.07) is 8.88. The van der Waals surface area contributed by atoms with Gasteiger partial charge in [-0.3, -0.25) is 14.7 Å². The summed E-state index contributed by atoms with van der Waals surface area (Å²) in [5.74, 6) is 1.35. The molecule has 0 saturated carbocycles. The Morgan fingerprint density at radius 1 is 1.19 bits per heavy atom. The minimum Gasteiger partial charge on any atom is -0.497 e. The second-order valence-electron chi connectivity index (χ2n) is 6.55. The van der Waals surface area contributed by atoms with Gasteiger partial charge in [0, 0.05) is 23.4 Å². The molecular formula is C21H21N5O6. The van der Waals surface area contributed by atoms with Crippen LogP contribution >= 0.6 is 0 Å². The Morgan fingerprint density at radius 3 is 2.62 bits per heavy atom. The average Bonchev–Trinajstić information content (AvgIpc) is 3.39. The molecule has 0 bridgehead atoms. The number of ether oxygens (including phenoxy) is 2. The molecule has 4 aromatic rings. The molecule has 166 valence electrons. The van der Waals surface area contributed by atoms with Crippen LogP contribution in [-0.2, 0) is 4.79 Å². The number of pyridine rings is 1. The Balaban J connectivity index is 0.000000913. The van der Waals surface area contributed by atoms with Gasteiger partial charge in [0.05, 0.1) is 36.6 Å². The molecule has 11 heteroatoms. The number of methoxy groups -OCH3 is 2. The summed E-state index contributed by atoms with van der Waals surface area (Å²) in [7, 11) is 3.17. The number of amides is 1.